The molecule has 0 bridgehead atoms. The summed E-state index contributed by atoms with van der Waals surface area (Å²) < 4.78 is 7.18. The number of benzene rings is 1. The number of carbonyl (C=O) groups excluding carboxylic acids is 1. The second-order valence-corrected chi connectivity index (χ2v) is 7.53. The summed E-state index contributed by atoms with van der Waals surface area (Å²) in [5.74, 6) is 0.259. The molecule has 5 rings (SSSR count). The average molecular weight is 402 g/mol. The topological polar surface area (TPSA) is 102 Å². The maximum absolute atomic E-state index is 11.3. The van der Waals surface area contributed by atoms with Gasteiger partial charge in [-0.2, -0.15) is 0 Å². The number of likely N-dealkylation sites (tertiary alicyclic amines) is 1. The highest BCUT2D eigenvalue weighted by molar-refractivity contribution is 5.91. The van der Waals surface area contributed by atoms with Crippen LogP contribution in [0.2, 0.25) is 0 Å². The molecular formula is C22H22N6O2. The Bertz CT molecular complexity index is 1180. The molecule has 3 aromatic heterocycles. The number of anilines is 1. The first-order chi connectivity index (χ1) is 14.7. The van der Waals surface area contributed by atoms with E-state index >= 15 is 0 Å². The number of nitrogens with zero attached hydrogens (tertiary/aromatic N) is 4. The molecule has 3 N–H and O–H groups in total. The summed E-state index contributed by atoms with van der Waals surface area (Å²) in [6.07, 6.45) is 7.90. The molecule has 1 amide bonds. The molecule has 0 spiro atoms. The standard InChI is InChI=1S/C22H22N6O2/c23-20(29)19-10-16(14-30-19)18-11-25-21(22-24-7-9-28(18)22)26-17-6-8-27(13-17)12-15-4-2-1-3-5-15/h1-5,7,9-11,14,17H,6,8,12-13H2,(H2,23,29)(H,25,26). The molecule has 4 heterocycles. The molecule has 0 radical (unpaired) electrons. The lowest BCUT2D eigenvalue weighted by Crippen LogP contribution is -2.26. The summed E-state index contributed by atoms with van der Waals surface area (Å²) in [4.78, 5) is 22.9. The van der Waals surface area contributed by atoms with Crippen molar-refractivity contribution in [2.45, 2.75) is 19.0 Å². The van der Waals surface area contributed by atoms with E-state index in [2.05, 4.69) is 44.5 Å². The molecule has 1 aliphatic rings. The molecule has 1 unspecified atom stereocenters. The summed E-state index contributed by atoms with van der Waals surface area (Å²) in [7, 11) is 0. The van der Waals surface area contributed by atoms with Crippen LogP contribution in [0, 0.1) is 0 Å². The SMILES string of the molecule is NC(=O)c1cc(-c2cnc(NC3CCN(Cc4ccccc4)C3)c3nccn23)co1. The van der Waals surface area contributed by atoms with Gasteiger partial charge in [-0.3, -0.25) is 14.1 Å². The van der Waals surface area contributed by atoms with Crippen LogP contribution in [0.15, 0.2) is 65.7 Å². The van der Waals surface area contributed by atoms with Gasteiger partial charge in [-0.1, -0.05) is 30.3 Å². The number of nitrogens with two attached hydrogens (primary N) is 1. The van der Waals surface area contributed by atoms with Gasteiger partial charge in [0.25, 0.3) is 5.91 Å². The van der Waals surface area contributed by atoms with Crippen LogP contribution in [0.4, 0.5) is 5.82 Å². The number of imidazole rings is 1. The average Bonchev–Trinajstić information content (AvgIpc) is 3.50. The van der Waals surface area contributed by atoms with Crippen LogP contribution in [0.5, 0.6) is 0 Å². The number of carbonyl (C=O) groups is 1. The van der Waals surface area contributed by atoms with E-state index in [1.807, 2.05) is 16.7 Å². The second-order valence-electron chi connectivity index (χ2n) is 7.53. The lowest BCUT2D eigenvalue weighted by atomic mass is 10.2. The molecule has 0 aliphatic carbocycles. The fourth-order valence-corrected chi connectivity index (χ4v) is 3.96. The van der Waals surface area contributed by atoms with Crippen LogP contribution in [-0.2, 0) is 6.54 Å². The quantitative estimate of drug-likeness (QED) is 0.514. The first-order valence-corrected chi connectivity index (χ1v) is 9.91. The van der Waals surface area contributed by atoms with Gasteiger partial charge in [-0.15, -0.1) is 0 Å². The molecule has 152 valence electrons. The van der Waals surface area contributed by atoms with Crippen LogP contribution in [-0.4, -0.2) is 44.3 Å². The first-order valence-electron chi connectivity index (χ1n) is 9.91. The Kier molecular flexibility index (Phi) is 4.68. The van der Waals surface area contributed by atoms with Gasteiger partial charge in [0.05, 0.1) is 11.9 Å². The summed E-state index contributed by atoms with van der Waals surface area (Å²) in [5, 5.41) is 3.55. The van der Waals surface area contributed by atoms with E-state index in [9.17, 15) is 4.79 Å². The number of hydrogen-bond donors (Lipinski definition) is 2. The molecular weight excluding hydrogens is 380 g/mol. The van der Waals surface area contributed by atoms with Gasteiger partial charge in [0, 0.05) is 43.6 Å². The maximum atomic E-state index is 11.3. The number of nitrogens with one attached hydrogen (secondary N) is 1. The Balaban J connectivity index is 1.33. The monoisotopic (exact) mass is 402 g/mol. The lowest BCUT2D eigenvalue weighted by Gasteiger charge is -2.17. The highest BCUT2D eigenvalue weighted by atomic mass is 16.3. The molecule has 1 aliphatic heterocycles. The van der Waals surface area contributed by atoms with E-state index in [-0.39, 0.29) is 5.76 Å². The summed E-state index contributed by atoms with van der Waals surface area (Å²) in [6, 6.07) is 12.4. The Labute approximate surface area is 173 Å². The third-order valence-corrected chi connectivity index (χ3v) is 5.43. The van der Waals surface area contributed by atoms with Crippen LogP contribution in [0.1, 0.15) is 22.5 Å². The zero-order valence-corrected chi connectivity index (χ0v) is 16.4. The number of rotatable bonds is 6. The van der Waals surface area contributed by atoms with Crippen molar-refractivity contribution < 1.29 is 9.21 Å². The fraction of sp³-hybridized carbons (Fsp3) is 0.227. The van der Waals surface area contributed by atoms with Crippen LogP contribution < -0.4 is 11.1 Å². The summed E-state index contributed by atoms with van der Waals surface area (Å²) in [6.45, 7) is 2.95. The maximum Gasteiger partial charge on any atom is 0.284 e. The van der Waals surface area contributed by atoms with Crippen molar-refractivity contribution in [3.8, 4) is 11.3 Å². The van der Waals surface area contributed by atoms with Gasteiger partial charge in [-0.25, -0.2) is 9.97 Å². The second kappa shape index (κ2) is 7.64. The molecule has 1 aromatic carbocycles. The normalized spacial score (nSPS) is 16.9. The highest BCUT2D eigenvalue weighted by Crippen LogP contribution is 2.26. The van der Waals surface area contributed by atoms with E-state index in [0.29, 0.717) is 6.04 Å². The predicted octanol–water partition coefficient (Wildman–Crippen LogP) is 2.77. The summed E-state index contributed by atoms with van der Waals surface area (Å²) in [5.41, 5.74) is 8.85. The number of furan rings is 1. The van der Waals surface area contributed by atoms with Crippen molar-refractivity contribution in [2.24, 2.45) is 5.73 Å². The number of amides is 1. The molecule has 30 heavy (non-hydrogen) atoms. The van der Waals surface area contributed by atoms with Gasteiger partial charge in [0.1, 0.15) is 6.26 Å². The van der Waals surface area contributed by atoms with Crippen molar-refractivity contribution >= 4 is 17.4 Å². The molecule has 1 fully saturated rings. The van der Waals surface area contributed by atoms with E-state index in [1.165, 1.54) is 11.8 Å². The minimum absolute atomic E-state index is 0.116. The first kappa shape index (κ1) is 18.4. The van der Waals surface area contributed by atoms with E-state index in [1.54, 1.807) is 18.5 Å². The Morgan fingerprint density at radius 2 is 2.13 bits per heavy atom. The third-order valence-electron chi connectivity index (χ3n) is 5.43. The third kappa shape index (κ3) is 3.53. The van der Waals surface area contributed by atoms with Gasteiger partial charge in [0.15, 0.2) is 17.2 Å². The molecule has 1 saturated heterocycles. The Morgan fingerprint density at radius 1 is 1.27 bits per heavy atom. The van der Waals surface area contributed by atoms with Crippen molar-refractivity contribution in [1.82, 2.24) is 19.3 Å². The minimum atomic E-state index is -0.601. The lowest BCUT2D eigenvalue weighted by molar-refractivity contribution is 0.0974. The number of primary amides is 1. The van der Waals surface area contributed by atoms with E-state index < -0.39 is 5.91 Å². The molecule has 8 heteroatoms. The van der Waals surface area contributed by atoms with Gasteiger partial charge in [-0.05, 0) is 18.1 Å². The number of hydrogen-bond acceptors (Lipinski definition) is 6. The Hall–Kier alpha value is -3.65. The molecule has 1 atom stereocenters. The minimum Gasteiger partial charge on any atom is -0.458 e. The van der Waals surface area contributed by atoms with E-state index in [4.69, 9.17) is 10.2 Å². The zero-order chi connectivity index (χ0) is 20.5. The van der Waals surface area contributed by atoms with Gasteiger partial charge in [0.2, 0.25) is 0 Å². The van der Waals surface area contributed by atoms with Gasteiger partial charge >= 0.3 is 0 Å². The van der Waals surface area contributed by atoms with Gasteiger partial charge < -0.3 is 15.5 Å². The van der Waals surface area contributed by atoms with E-state index in [0.717, 1.165) is 48.8 Å². The van der Waals surface area contributed by atoms with Crippen LogP contribution in [0.25, 0.3) is 16.9 Å². The number of aromatic nitrogens is 3. The van der Waals surface area contributed by atoms with Crippen LogP contribution in [0.3, 0.4) is 0 Å². The zero-order valence-electron chi connectivity index (χ0n) is 16.4. The fourth-order valence-electron chi connectivity index (χ4n) is 3.96. The predicted molar refractivity (Wildman–Crippen MR) is 113 cm³/mol. The smallest absolute Gasteiger partial charge is 0.284 e. The molecule has 4 aromatic rings. The van der Waals surface area contributed by atoms with Crippen molar-refractivity contribution in [2.75, 3.05) is 18.4 Å². The molecule has 8 nitrogen and oxygen atoms in total. The largest absolute Gasteiger partial charge is 0.458 e. The number of fused-ring (bicyclic) bond motifs is 1. The van der Waals surface area contributed by atoms with Crippen molar-refractivity contribution in [3.63, 3.8) is 0 Å². The van der Waals surface area contributed by atoms with Crippen LogP contribution >= 0.6 is 0 Å². The Morgan fingerprint density at radius 3 is 2.93 bits per heavy atom. The highest BCUT2D eigenvalue weighted by Gasteiger charge is 2.24. The van der Waals surface area contributed by atoms with Crippen molar-refractivity contribution in [3.05, 3.63) is 72.6 Å². The molecule has 0 saturated carbocycles. The summed E-state index contributed by atoms with van der Waals surface area (Å²) >= 11 is 0. The van der Waals surface area contributed by atoms with Crippen molar-refractivity contribution in [1.29, 1.82) is 0 Å².